The van der Waals surface area contributed by atoms with Crippen molar-refractivity contribution in [2.45, 2.75) is 13.5 Å². The molecule has 0 bridgehead atoms. The summed E-state index contributed by atoms with van der Waals surface area (Å²) in [5.74, 6) is -0.896. The fourth-order valence-electron chi connectivity index (χ4n) is 2.89. The van der Waals surface area contributed by atoms with Gasteiger partial charge in [-0.15, -0.1) is 22.7 Å². The Morgan fingerprint density at radius 1 is 1.20 bits per heavy atom. The van der Waals surface area contributed by atoms with E-state index in [4.69, 9.17) is 0 Å². The predicted octanol–water partition coefficient (Wildman–Crippen LogP) is 6.25. The van der Waals surface area contributed by atoms with Crippen molar-refractivity contribution in [1.29, 1.82) is 0 Å². The maximum atomic E-state index is 11.7. The molecule has 1 N–H and O–H groups in total. The number of nitrogens with zero attached hydrogens (tertiary/aromatic N) is 1. The predicted molar refractivity (Wildman–Crippen MR) is 108 cm³/mol. The highest BCUT2D eigenvalue weighted by Gasteiger charge is 2.18. The van der Waals surface area contributed by atoms with Crippen LogP contribution in [-0.4, -0.2) is 15.6 Å². The highest BCUT2D eigenvalue weighted by Crippen LogP contribution is 2.38. The highest BCUT2D eigenvalue weighted by atomic mass is 79.9. The van der Waals surface area contributed by atoms with E-state index in [0.29, 0.717) is 12.2 Å². The van der Waals surface area contributed by atoms with Crippen LogP contribution in [0.25, 0.3) is 20.0 Å². The molecular weight excluding hydrogens is 418 g/mol. The lowest BCUT2D eigenvalue weighted by atomic mass is 10.2. The molecule has 3 nitrogen and oxygen atoms in total. The number of aromatic nitrogens is 1. The number of thiophene rings is 2. The van der Waals surface area contributed by atoms with E-state index in [1.165, 1.54) is 15.3 Å². The van der Waals surface area contributed by atoms with Gasteiger partial charge in [0.2, 0.25) is 0 Å². The summed E-state index contributed by atoms with van der Waals surface area (Å²) in [5.41, 5.74) is 3.62. The number of carboxylic acids is 1. The number of aromatic carboxylic acids is 1. The van der Waals surface area contributed by atoms with Gasteiger partial charge < -0.3 is 9.67 Å². The zero-order chi connectivity index (χ0) is 17.6. The molecule has 0 radical (unpaired) electrons. The minimum atomic E-state index is -0.896. The van der Waals surface area contributed by atoms with Crippen molar-refractivity contribution in [1.82, 2.24) is 4.57 Å². The number of hydrogen-bond acceptors (Lipinski definition) is 3. The smallest absolute Gasteiger partial charge is 0.352 e. The molecule has 3 heterocycles. The van der Waals surface area contributed by atoms with Crippen LogP contribution in [0, 0.1) is 6.92 Å². The number of fused-ring (bicyclic) bond motifs is 1. The fourth-order valence-corrected chi connectivity index (χ4v) is 5.43. The molecule has 0 aliphatic rings. The molecule has 0 fully saturated rings. The van der Waals surface area contributed by atoms with E-state index in [9.17, 15) is 9.90 Å². The number of halogens is 1. The molecule has 0 saturated heterocycles. The van der Waals surface area contributed by atoms with Gasteiger partial charge in [0.25, 0.3) is 0 Å². The summed E-state index contributed by atoms with van der Waals surface area (Å²) < 4.78 is 3.89. The Bertz CT molecular complexity index is 1090. The normalized spacial score (nSPS) is 11.3. The van der Waals surface area contributed by atoms with E-state index in [1.807, 2.05) is 28.8 Å². The van der Waals surface area contributed by atoms with E-state index in [2.05, 4.69) is 40.4 Å². The molecule has 0 aliphatic carbocycles. The van der Waals surface area contributed by atoms with Crippen LogP contribution in [0.15, 0.2) is 52.3 Å². The van der Waals surface area contributed by atoms with Crippen molar-refractivity contribution in [3.8, 4) is 9.75 Å². The van der Waals surface area contributed by atoms with Crippen molar-refractivity contribution >= 4 is 54.8 Å². The van der Waals surface area contributed by atoms with Crippen molar-refractivity contribution in [3.63, 3.8) is 0 Å². The Morgan fingerprint density at radius 2 is 2.04 bits per heavy atom. The van der Waals surface area contributed by atoms with E-state index >= 15 is 0 Å². The van der Waals surface area contributed by atoms with E-state index in [1.54, 1.807) is 28.7 Å². The summed E-state index contributed by atoms with van der Waals surface area (Å²) in [6.07, 6.45) is 0. The highest BCUT2D eigenvalue weighted by molar-refractivity contribution is 9.10. The standard InChI is InChI=1S/C19H14BrNO2S2/c1-11-5-17(24-10-11)18-7-14-16(25-18)8-15(19(22)23)21(14)9-12-3-2-4-13(20)6-12/h2-8,10H,9H2,1H3,(H,22,23). The van der Waals surface area contributed by atoms with Crippen LogP contribution < -0.4 is 0 Å². The topological polar surface area (TPSA) is 42.2 Å². The van der Waals surface area contributed by atoms with Gasteiger partial charge in [0.05, 0.1) is 10.2 Å². The molecule has 3 aromatic heterocycles. The third-order valence-electron chi connectivity index (χ3n) is 4.01. The maximum absolute atomic E-state index is 11.7. The number of hydrogen-bond donors (Lipinski definition) is 1. The Labute approximate surface area is 161 Å². The van der Waals surface area contributed by atoms with Crippen molar-refractivity contribution in [3.05, 3.63) is 69.1 Å². The summed E-state index contributed by atoms with van der Waals surface area (Å²) >= 11 is 6.85. The molecule has 0 unspecified atom stereocenters. The van der Waals surface area contributed by atoms with Crippen molar-refractivity contribution in [2.24, 2.45) is 0 Å². The Hall–Kier alpha value is -1.89. The Kier molecular flexibility index (Phi) is 4.27. The third-order valence-corrected chi connectivity index (χ3v) is 6.82. The minimum Gasteiger partial charge on any atom is -0.477 e. The zero-order valence-electron chi connectivity index (χ0n) is 13.3. The quantitative estimate of drug-likeness (QED) is 0.414. The number of benzene rings is 1. The van der Waals surface area contributed by atoms with Crippen LogP contribution in [0.3, 0.4) is 0 Å². The molecule has 6 heteroatoms. The first kappa shape index (κ1) is 16.6. The molecule has 4 aromatic rings. The van der Waals surface area contributed by atoms with E-state index in [-0.39, 0.29) is 0 Å². The van der Waals surface area contributed by atoms with E-state index in [0.717, 1.165) is 20.3 Å². The second-order valence-corrected chi connectivity index (χ2v) is 8.81. The lowest BCUT2D eigenvalue weighted by Gasteiger charge is -2.08. The number of carboxylic acid groups (broad SMARTS) is 1. The SMILES string of the molecule is Cc1csc(-c2cc3c(cc(C(=O)O)n3Cc3cccc(Br)c3)s2)c1. The summed E-state index contributed by atoms with van der Waals surface area (Å²) in [4.78, 5) is 14.1. The largest absolute Gasteiger partial charge is 0.477 e. The third kappa shape index (κ3) is 3.17. The summed E-state index contributed by atoms with van der Waals surface area (Å²) in [5, 5.41) is 11.7. The number of rotatable bonds is 4. The van der Waals surface area contributed by atoms with Crippen LogP contribution in [0.4, 0.5) is 0 Å². The van der Waals surface area contributed by atoms with Gasteiger partial charge in [-0.05, 0) is 53.8 Å². The molecule has 0 spiro atoms. The lowest BCUT2D eigenvalue weighted by Crippen LogP contribution is -2.09. The molecule has 0 atom stereocenters. The fraction of sp³-hybridized carbons (Fsp3) is 0.105. The van der Waals surface area contributed by atoms with Crippen LogP contribution >= 0.6 is 38.6 Å². The summed E-state index contributed by atoms with van der Waals surface area (Å²) in [6.45, 7) is 2.62. The molecule has 0 saturated carbocycles. The van der Waals surface area contributed by atoms with Crippen LogP contribution in [0.1, 0.15) is 21.6 Å². The van der Waals surface area contributed by atoms with E-state index < -0.39 is 5.97 Å². The van der Waals surface area contributed by atoms with Gasteiger partial charge in [0.1, 0.15) is 5.69 Å². The second kappa shape index (κ2) is 6.44. The molecular formula is C19H14BrNO2S2. The average molecular weight is 432 g/mol. The first-order valence-corrected chi connectivity index (χ1v) is 10.2. The molecule has 0 aliphatic heterocycles. The van der Waals surface area contributed by atoms with Gasteiger partial charge in [-0.3, -0.25) is 0 Å². The molecule has 0 amide bonds. The molecule has 25 heavy (non-hydrogen) atoms. The monoisotopic (exact) mass is 431 g/mol. The van der Waals surface area contributed by atoms with Gasteiger partial charge in [0, 0.05) is 20.8 Å². The second-order valence-electron chi connectivity index (χ2n) is 5.90. The van der Waals surface area contributed by atoms with Gasteiger partial charge in [0.15, 0.2) is 0 Å². The Balaban J connectivity index is 1.83. The van der Waals surface area contributed by atoms with Gasteiger partial charge in [-0.1, -0.05) is 28.1 Å². The van der Waals surface area contributed by atoms with Gasteiger partial charge >= 0.3 is 5.97 Å². The minimum absolute atomic E-state index is 0.329. The Morgan fingerprint density at radius 3 is 2.72 bits per heavy atom. The number of carbonyl (C=O) groups is 1. The summed E-state index contributed by atoms with van der Waals surface area (Å²) in [6, 6.07) is 14.0. The molecule has 4 rings (SSSR count). The van der Waals surface area contributed by atoms with Crippen molar-refractivity contribution in [2.75, 3.05) is 0 Å². The molecule has 1 aromatic carbocycles. The average Bonchev–Trinajstić information content (AvgIpc) is 3.23. The first-order valence-electron chi connectivity index (χ1n) is 7.67. The van der Waals surface area contributed by atoms with Gasteiger partial charge in [-0.2, -0.15) is 0 Å². The van der Waals surface area contributed by atoms with Crippen LogP contribution in [0.2, 0.25) is 0 Å². The number of aryl methyl sites for hydroxylation is 1. The van der Waals surface area contributed by atoms with Crippen LogP contribution in [0.5, 0.6) is 0 Å². The molecule has 126 valence electrons. The van der Waals surface area contributed by atoms with Crippen LogP contribution in [-0.2, 0) is 6.54 Å². The first-order chi connectivity index (χ1) is 12.0. The summed E-state index contributed by atoms with van der Waals surface area (Å²) in [7, 11) is 0. The van der Waals surface area contributed by atoms with Gasteiger partial charge in [-0.25, -0.2) is 4.79 Å². The zero-order valence-corrected chi connectivity index (χ0v) is 16.5. The lowest BCUT2D eigenvalue weighted by molar-refractivity contribution is 0.0686. The maximum Gasteiger partial charge on any atom is 0.352 e. The van der Waals surface area contributed by atoms with Crippen molar-refractivity contribution < 1.29 is 9.90 Å².